The minimum absolute atomic E-state index is 0.0566. The van der Waals surface area contributed by atoms with Crippen molar-refractivity contribution in [2.24, 2.45) is 16.4 Å². The van der Waals surface area contributed by atoms with Gasteiger partial charge in [-0.05, 0) is 37.0 Å². The van der Waals surface area contributed by atoms with Gasteiger partial charge < -0.3 is 4.90 Å². The topological polar surface area (TPSA) is 80.3 Å². The van der Waals surface area contributed by atoms with Crippen LogP contribution < -0.4 is 0 Å². The lowest BCUT2D eigenvalue weighted by Crippen LogP contribution is -2.50. The molecule has 0 aromatic rings. The highest BCUT2D eigenvalue weighted by Gasteiger charge is 2.49. The Labute approximate surface area is 114 Å². The molecule has 1 saturated heterocycles. The standard InChI is InChI=1S/C14H22N4O/c1-3-10(2)12(17-16)13(19)18-7-6-14(4-5-14)8-11(18)9-15/h10-12,16H,3-8H2,1-2H3/t10?,11-,12+/m1/s1. The molecule has 0 aromatic carbocycles. The van der Waals surface area contributed by atoms with Crippen molar-refractivity contribution in [2.75, 3.05) is 6.54 Å². The Bertz CT molecular complexity index is 410. The molecule has 0 radical (unpaired) electrons. The third-order valence-corrected chi connectivity index (χ3v) is 4.85. The number of rotatable bonds is 4. The Balaban J connectivity index is 2.09. The molecule has 1 heterocycles. The van der Waals surface area contributed by atoms with Gasteiger partial charge in [0.15, 0.2) is 6.04 Å². The number of hydrogen-bond donors (Lipinski definition) is 1. The fourth-order valence-corrected chi connectivity index (χ4v) is 2.96. The molecule has 1 spiro atoms. The summed E-state index contributed by atoms with van der Waals surface area (Å²) in [5.41, 5.74) is 7.60. The Morgan fingerprint density at radius 2 is 2.26 bits per heavy atom. The molecule has 2 aliphatic rings. The van der Waals surface area contributed by atoms with Gasteiger partial charge in [-0.1, -0.05) is 20.3 Å². The van der Waals surface area contributed by atoms with Crippen molar-refractivity contribution in [1.82, 2.24) is 4.90 Å². The van der Waals surface area contributed by atoms with E-state index in [1.807, 2.05) is 13.8 Å². The van der Waals surface area contributed by atoms with Gasteiger partial charge in [0.25, 0.3) is 5.91 Å². The summed E-state index contributed by atoms with van der Waals surface area (Å²) in [6.45, 7) is 4.58. The van der Waals surface area contributed by atoms with E-state index in [1.54, 1.807) is 4.90 Å². The molecule has 1 aliphatic heterocycles. The zero-order chi connectivity index (χ0) is 14.0. The number of piperidine rings is 1. The van der Waals surface area contributed by atoms with Crippen LogP contribution >= 0.6 is 0 Å². The predicted octanol–water partition coefficient (Wildman–Crippen LogP) is 2.73. The molecule has 1 unspecified atom stereocenters. The molecule has 1 N–H and O–H groups in total. The van der Waals surface area contributed by atoms with Gasteiger partial charge in [0, 0.05) is 6.54 Å². The van der Waals surface area contributed by atoms with Crippen molar-refractivity contribution in [2.45, 2.75) is 58.0 Å². The minimum atomic E-state index is -0.617. The van der Waals surface area contributed by atoms with E-state index in [4.69, 9.17) is 5.53 Å². The van der Waals surface area contributed by atoms with Crippen molar-refractivity contribution in [3.8, 4) is 6.07 Å². The van der Waals surface area contributed by atoms with Gasteiger partial charge in [-0.3, -0.25) is 4.79 Å². The van der Waals surface area contributed by atoms with Gasteiger partial charge in [0.2, 0.25) is 0 Å². The molecule has 0 aromatic heterocycles. The number of nitrogens with zero attached hydrogens (tertiary/aromatic N) is 3. The van der Waals surface area contributed by atoms with Gasteiger partial charge in [0.1, 0.15) is 6.04 Å². The van der Waals surface area contributed by atoms with E-state index in [1.165, 1.54) is 12.8 Å². The Kier molecular flexibility index (Phi) is 3.88. The van der Waals surface area contributed by atoms with Crippen LogP contribution in [0.15, 0.2) is 5.11 Å². The van der Waals surface area contributed by atoms with E-state index in [0.29, 0.717) is 12.0 Å². The first-order valence-corrected chi connectivity index (χ1v) is 7.13. The van der Waals surface area contributed by atoms with E-state index in [0.717, 1.165) is 19.3 Å². The SMILES string of the molecule is CCC(C)[C@H](N=N)C(=O)N1CCC2(CC2)C[C@@H]1C#N. The van der Waals surface area contributed by atoms with Gasteiger partial charge in [-0.15, -0.1) is 0 Å². The average molecular weight is 262 g/mol. The zero-order valence-electron chi connectivity index (χ0n) is 11.7. The maximum Gasteiger partial charge on any atom is 0.250 e. The van der Waals surface area contributed by atoms with Crippen LogP contribution in [0.2, 0.25) is 0 Å². The fraction of sp³-hybridized carbons (Fsp3) is 0.857. The van der Waals surface area contributed by atoms with Crippen LogP contribution in [-0.2, 0) is 4.79 Å². The number of nitrogens with one attached hydrogen (secondary N) is 1. The highest BCUT2D eigenvalue weighted by molar-refractivity contribution is 5.83. The monoisotopic (exact) mass is 262 g/mol. The van der Waals surface area contributed by atoms with Gasteiger partial charge >= 0.3 is 0 Å². The number of likely N-dealkylation sites (tertiary alicyclic amines) is 1. The quantitative estimate of drug-likeness (QED) is 0.790. The number of nitriles is 1. The second-order valence-electron chi connectivity index (χ2n) is 6.09. The fourth-order valence-electron chi connectivity index (χ4n) is 2.96. The molecule has 2 fully saturated rings. The maximum atomic E-state index is 12.5. The predicted molar refractivity (Wildman–Crippen MR) is 70.4 cm³/mol. The summed E-state index contributed by atoms with van der Waals surface area (Å²) in [5, 5.41) is 12.8. The van der Waals surface area contributed by atoms with Crippen molar-refractivity contribution in [3.05, 3.63) is 0 Å². The molecule has 2 rings (SSSR count). The van der Waals surface area contributed by atoms with Crippen LogP contribution in [-0.4, -0.2) is 29.4 Å². The lowest BCUT2D eigenvalue weighted by molar-refractivity contribution is -0.137. The third kappa shape index (κ3) is 2.63. The smallest absolute Gasteiger partial charge is 0.250 e. The molecular formula is C14H22N4O. The molecule has 1 aliphatic carbocycles. The molecule has 0 bridgehead atoms. The number of carbonyl (C=O) groups is 1. The first-order chi connectivity index (χ1) is 9.06. The second kappa shape index (κ2) is 5.28. The molecule has 3 atom stereocenters. The molecule has 5 nitrogen and oxygen atoms in total. The Hall–Kier alpha value is -1.44. The zero-order valence-corrected chi connectivity index (χ0v) is 11.7. The van der Waals surface area contributed by atoms with Crippen LogP contribution in [0.3, 0.4) is 0 Å². The molecule has 104 valence electrons. The van der Waals surface area contributed by atoms with Crippen LogP contribution in [0.25, 0.3) is 0 Å². The van der Waals surface area contributed by atoms with Crippen LogP contribution in [0.4, 0.5) is 0 Å². The normalized spacial score (nSPS) is 27.4. The molecule has 5 heteroatoms. The van der Waals surface area contributed by atoms with Crippen molar-refractivity contribution in [1.29, 1.82) is 10.8 Å². The molecule has 1 amide bonds. The summed E-state index contributed by atoms with van der Waals surface area (Å²) in [7, 11) is 0. The summed E-state index contributed by atoms with van der Waals surface area (Å²) < 4.78 is 0. The first kappa shape index (κ1) is 14.0. The van der Waals surface area contributed by atoms with E-state index in [2.05, 4.69) is 11.2 Å². The number of hydrogen-bond acceptors (Lipinski definition) is 4. The van der Waals surface area contributed by atoms with Crippen molar-refractivity contribution >= 4 is 5.91 Å². The number of amides is 1. The largest absolute Gasteiger partial charge is 0.325 e. The Morgan fingerprint density at radius 1 is 1.58 bits per heavy atom. The summed E-state index contributed by atoms with van der Waals surface area (Å²) in [5.74, 6) is -0.0763. The van der Waals surface area contributed by atoms with E-state index >= 15 is 0 Å². The average Bonchev–Trinajstić information content (AvgIpc) is 3.18. The second-order valence-corrected chi connectivity index (χ2v) is 6.09. The van der Waals surface area contributed by atoms with Crippen LogP contribution in [0, 0.1) is 28.2 Å². The van der Waals surface area contributed by atoms with Crippen molar-refractivity contribution in [3.63, 3.8) is 0 Å². The summed E-state index contributed by atoms with van der Waals surface area (Å²) in [6.07, 6.45) is 5.02. The van der Waals surface area contributed by atoms with Crippen LogP contribution in [0.1, 0.15) is 46.0 Å². The Morgan fingerprint density at radius 3 is 2.74 bits per heavy atom. The van der Waals surface area contributed by atoms with Gasteiger partial charge in [-0.2, -0.15) is 10.4 Å². The van der Waals surface area contributed by atoms with E-state index in [9.17, 15) is 10.1 Å². The van der Waals surface area contributed by atoms with E-state index in [-0.39, 0.29) is 17.9 Å². The molecule has 19 heavy (non-hydrogen) atoms. The number of carbonyl (C=O) groups excluding carboxylic acids is 1. The lowest BCUT2D eigenvalue weighted by Gasteiger charge is -2.38. The van der Waals surface area contributed by atoms with Gasteiger partial charge in [0.05, 0.1) is 6.07 Å². The molecule has 1 saturated carbocycles. The molecular weight excluding hydrogens is 240 g/mol. The van der Waals surface area contributed by atoms with Crippen molar-refractivity contribution < 1.29 is 4.79 Å². The highest BCUT2D eigenvalue weighted by atomic mass is 16.2. The highest BCUT2D eigenvalue weighted by Crippen LogP contribution is 2.55. The minimum Gasteiger partial charge on any atom is -0.325 e. The first-order valence-electron chi connectivity index (χ1n) is 7.13. The van der Waals surface area contributed by atoms with E-state index < -0.39 is 6.04 Å². The summed E-state index contributed by atoms with van der Waals surface area (Å²) in [4.78, 5) is 14.2. The van der Waals surface area contributed by atoms with Crippen LogP contribution in [0.5, 0.6) is 0 Å². The third-order valence-electron chi connectivity index (χ3n) is 4.85. The maximum absolute atomic E-state index is 12.5. The summed E-state index contributed by atoms with van der Waals surface area (Å²) in [6, 6.07) is 1.33. The van der Waals surface area contributed by atoms with Gasteiger partial charge in [-0.25, -0.2) is 5.53 Å². The lowest BCUT2D eigenvalue weighted by atomic mass is 9.87. The summed E-state index contributed by atoms with van der Waals surface area (Å²) >= 11 is 0.